The van der Waals surface area contributed by atoms with Gasteiger partial charge < -0.3 is 5.21 Å². The molecule has 0 heterocycles. The van der Waals surface area contributed by atoms with Gasteiger partial charge in [0.1, 0.15) is 10.8 Å². The van der Waals surface area contributed by atoms with E-state index in [0.717, 1.165) is 6.26 Å². The second-order valence-electron chi connectivity index (χ2n) is 2.84. The first-order chi connectivity index (χ1) is 5.27. The van der Waals surface area contributed by atoms with Gasteiger partial charge in [-0.05, 0) is 13.8 Å². The Morgan fingerprint density at radius 3 is 2.08 bits per heavy atom. The van der Waals surface area contributed by atoms with E-state index in [1.54, 1.807) is 0 Å². The van der Waals surface area contributed by atoms with Gasteiger partial charge >= 0.3 is 0 Å². The molecule has 0 aromatic heterocycles. The van der Waals surface area contributed by atoms with Crippen LogP contribution in [0.4, 0.5) is 0 Å². The van der Waals surface area contributed by atoms with E-state index in [-0.39, 0.29) is 0 Å². The van der Waals surface area contributed by atoms with Gasteiger partial charge in [0.05, 0.1) is 0 Å². The molecule has 0 rings (SSSR count). The molecule has 0 saturated carbocycles. The van der Waals surface area contributed by atoms with Crippen LogP contribution in [0.25, 0.3) is 0 Å². The third-order valence-corrected chi connectivity index (χ3v) is 3.75. The van der Waals surface area contributed by atoms with Crippen LogP contribution in [-0.4, -0.2) is 30.3 Å². The van der Waals surface area contributed by atoms with Crippen molar-refractivity contribution in [3.63, 3.8) is 0 Å². The number of nitrogens with zero attached hydrogens (tertiary/aromatic N) is 2. The van der Waals surface area contributed by atoms with Gasteiger partial charge in [0.15, 0.2) is 15.5 Å². The second-order valence-corrected chi connectivity index (χ2v) is 5.41. The predicted octanol–water partition coefficient (Wildman–Crippen LogP) is 0.163. The Morgan fingerprint density at radius 1 is 1.58 bits per heavy atom. The molecule has 68 valence electrons. The minimum atomic E-state index is -3.44. The molecule has 12 heavy (non-hydrogen) atoms. The summed E-state index contributed by atoms with van der Waals surface area (Å²) < 4.78 is 20.7. The molecule has 0 fully saturated rings. The number of hydrogen-bond acceptors (Lipinski definition) is 5. The molecule has 0 spiro atoms. The zero-order valence-corrected chi connectivity index (χ0v) is 7.88. The molecule has 0 aliphatic rings. The lowest BCUT2D eigenvalue weighted by molar-refractivity contribution is 0.317. The van der Waals surface area contributed by atoms with Gasteiger partial charge in [-0.25, -0.2) is 8.42 Å². The number of oxime groups is 1. The van der Waals surface area contributed by atoms with Crippen molar-refractivity contribution in [1.29, 1.82) is 5.26 Å². The molecule has 1 N–H and O–H groups in total. The molecule has 6 heteroatoms. The third-order valence-electron chi connectivity index (χ3n) is 1.70. The quantitative estimate of drug-likeness (QED) is 0.381. The van der Waals surface area contributed by atoms with E-state index in [1.165, 1.54) is 19.9 Å². The average Bonchev–Trinajstić information content (AvgIpc) is 1.87. The Hall–Kier alpha value is -1.09. The maximum atomic E-state index is 11.1. The van der Waals surface area contributed by atoms with Crippen LogP contribution in [0.1, 0.15) is 13.8 Å². The highest BCUT2D eigenvalue weighted by Gasteiger charge is 2.36. The van der Waals surface area contributed by atoms with Gasteiger partial charge in [0.25, 0.3) is 0 Å². The molecule has 0 bridgehead atoms. The Balaban J connectivity index is 5.31. The highest BCUT2D eigenvalue weighted by molar-refractivity contribution is 7.92. The maximum Gasteiger partial charge on any atom is 0.177 e. The van der Waals surface area contributed by atoms with Crippen molar-refractivity contribution in [2.75, 3.05) is 6.26 Å². The van der Waals surface area contributed by atoms with Gasteiger partial charge in [-0.1, -0.05) is 5.16 Å². The first-order valence-corrected chi connectivity index (χ1v) is 4.98. The van der Waals surface area contributed by atoms with E-state index >= 15 is 0 Å². The Bertz CT molecular complexity index is 334. The van der Waals surface area contributed by atoms with Crippen LogP contribution < -0.4 is 0 Å². The van der Waals surface area contributed by atoms with Gasteiger partial charge in [0, 0.05) is 6.26 Å². The molecular weight excluding hydrogens is 180 g/mol. The zero-order valence-electron chi connectivity index (χ0n) is 7.07. The molecule has 0 radical (unpaired) electrons. The van der Waals surface area contributed by atoms with Gasteiger partial charge in [0.2, 0.25) is 0 Å². The first-order valence-electron chi connectivity index (χ1n) is 3.09. The predicted molar refractivity (Wildman–Crippen MR) is 43.8 cm³/mol. The standard InChI is InChI=1S/C6H10N2O3S/c1-6(2,12(3,10)11)5(4-7)8-9/h9H,1-3H3. The van der Waals surface area contributed by atoms with Crippen molar-refractivity contribution in [1.82, 2.24) is 0 Å². The van der Waals surface area contributed by atoms with Crippen LogP contribution in [0.15, 0.2) is 5.16 Å². The Kier molecular flexibility index (Phi) is 2.83. The van der Waals surface area contributed by atoms with Gasteiger partial charge in [-0.3, -0.25) is 0 Å². The summed E-state index contributed by atoms with van der Waals surface area (Å²) in [5.41, 5.74) is -0.412. The van der Waals surface area contributed by atoms with E-state index in [0.29, 0.717) is 0 Å². The molecule has 0 aliphatic heterocycles. The molecule has 0 saturated heterocycles. The fourth-order valence-corrected chi connectivity index (χ4v) is 0.891. The minimum absolute atomic E-state index is 0.412. The van der Waals surface area contributed by atoms with Crippen LogP contribution in [0.2, 0.25) is 0 Å². The maximum absolute atomic E-state index is 11.1. The number of sulfone groups is 1. The summed E-state index contributed by atoms with van der Waals surface area (Å²) >= 11 is 0. The summed E-state index contributed by atoms with van der Waals surface area (Å²) in [4.78, 5) is 0. The molecule has 5 nitrogen and oxygen atoms in total. The van der Waals surface area contributed by atoms with Gasteiger partial charge in [-0.15, -0.1) is 0 Å². The van der Waals surface area contributed by atoms with Crippen molar-refractivity contribution in [3.8, 4) is 6.07 Å². The van der Waals surface area contributed by atoms with Crippen molar-refractivity contribution >= 4 is 15.5 Å². The Morgan fingerprint density at radius 2 is 2.00 bits per heavy atom. The average molecular weight is 190 g/mol. The van der Waals surface area contributed by atoms with E-state index in [1.807, 2.05) is 0 Å². The summed E-state index contributed by atoms with van der Waals surface area (Å²) in [5.74, 6) is 0. The summed E-state index contributed by atoms with van der Waals surface area (Å²) in [6, 6.07) is 1.52. The SMILES string of the molecule is CC(C)(C(C#N)=NO)S(C)(=O)=O. The summed E-state index contributed by atoms with van der Waals surface area (Å²) in [5, 5.41) is 19.4. The van der Waals surface area contributed by atoms with Crippen LogP contribution in [0.3, 0.4) is 0 Å². The lowest BCUT2D eigenvalue weighted by Crippen LogP contribution is -2.39. The largest absolute Gasteiger partial charge is 0.410 e. The lowest BCUT2D eigenvalue weighted by atomic mass is 10.1. The molecule has 0 amide bonds. The highest BCUT2D eigenvalue weighted by Crippen LogP contribution is 2.16. The summed E-state index contributed by atoms with van der Waals surface area (Å²) in [6.45, 7) is 2.61. The van der Waals surface area contributed by atoms with E-state index in [2.05, 4.69) is 5.16 Å². The van der Waals surface area contributed by atoms with Crippen LogP contribution in [0, 0.1) is 11.3 Å². The second kappa shape index (κ2) is 3.11. The fraction of sp³-hybridized carbons (Fsp3) is 0.667. The zero-order chi connectivity index (χ0) is 9.99. The minimum Gasteiger partial charge on any atom is -0.410 e. The molecule has 0 unspecified atom stereocenters. The highest BCUT2D eigenvalue weighted by atomic mass is 32.2. The molecule has 0 aliphatic carbocycles. The number of hydrogen-bond donors (Lipinski definition) is 1. The molecule has 0 aromatic carbocycles. The molecule has 0 atom stereocenters. The first kappa shape index (κ1) is 10.9. The van der Waals surface area contributed by atoms with Crippen molar-refractivity contribution in [2.24, 2.45) is 5.16 Å². The van der Waals surface area contributed by atoms with Crippen LogP contribution in [0.5, 0.6) is 0 Å². The van der Waals surface area contributed by atoms with Crippen LogP contribution in [-0.2, 0) is 9.84 Å². The van der Waals surface area contributed by atoms with Crippen LogP contribution >= 0.6 is 0 Å². The Labute approximate surface area is 71.2 Å². The third kappa shape index (κ3) is 1.74. The van der Waals surface area contributed by atoms with Crippen molar-refractivity contribution in [3.05, 3.63) is 0 Å². The summed E-state index contributed by atoms with van der Waals surface area (Å²) in [6.07, 6.45) is 0.982. The monoisotopic (exact) mass is 190 g/mol. The fourth-order valence-electron chi connectivity index (χ4n) is 0.453. The number of rotatable bonds is 2. The smallest absolute Gasteiger partial charge is 0.177 e. The lowest BCUT2D eigenvalue weighted by Gasteiger charge is -2.18. The van der Waals surface area contributed by atoms with Crippen molar-refractivity contribution < 1.29 is 13.6 Å². The van der Waals surface area contributed by atoms with E-state index in [9.17, 15) is 8.42 Å². The topological polar surface area (TPSA) is 90.5 Å². The van der Waals surface area contributed by atoms with E-state index in [4.69, 9.17) is 10.5 Å². The van der Waals surface area contributed by atoms with E-state index < -0.39 is 20.3 Å². The number of nitriles is 1. The molecule has 0 aromatic rings. The molecular formula is C6H10N2O3S. The normalized spacial score (nSPS) is 14.0. The van der Waals surface area contributed by atoms with Gasteiger partial charge in [-0.2, -0.15) is 5.26 Å². The van der Waals surface area contributed by atoms with Crippen molar-refractivity contribution in [2.45, 2.75) is 18.6 Å². The summed E-state index contributed by atoms with van der Waals surface area (Å²) in [7, 11) is -3.44.